The van der Waals surface area contributed by atoms with Crippen LogP contribution in [0.15, 0.2) is 12.3 Å². The Morgan fingerprint density at radius 1 is 1.64 bits per heavy atom. The third-order valence-corrected chi connectivity index (χ3v) is 3.07. The fourth-order valence-corrected chi connectivity index (χ4v) is 2.00. The second kappa shape index (κ2) is 3.73. The Bertz CT molecular complexity index is 249. The van der Waals surface area contributed by atoms with Crippen molar-refractivity contribution < 1.29 is 14.3 Å². The minimum Gasteiger partial charge on any atom is -0.469 e. The molecule has 0 aromatic carbocycles. The Morgan fingerprint density at radius 3 is 3.07 bits per heavy atom. The Kier molecular flexibility index (Phi) is 2.59. The van der Waals surface area contributed by atoms with Crippen molar-refractivity contribution in [3.63, 3.8) is 0 Å². The number of rotatable bonds is 1. The molecule has 0 bridgehead atoms. The van der Waals surface area contributed by atoms with Crippen LogP contribution in [0.5, 0.6) is 0 Å². The minimum absolute atomic E-state index is 0.103. The fourth-order valence-electron chi connectivity index (χ4n) is 2.00. The maximum atomic E-state index is 11.2. The zero-order valence-corrected chi connectivity index (χ0v) is 8.49. The maximum absolute atomic E-state index is 11.2. The van der Waals surface area contributed by atoms with Crippen molar-refractivity contribution in [3.8, 4) is 0 Å². The highest BCUT2D eigenvalue weighted by Crippen LogP contribution is 2.35. The molecular weight excluding hydrogens is 180 g/mol. The predicted octanol–water partition coefficient (Wildman–Crippen LogP) is 2.02. The van der Waals surface area contributed by atoms with E-state index in [1.165, 1.54) is 12.3 Å². The molecule has 0 aromatic heterocycles. The van der Waals surface area contributed by atoms with Gasteiger partial charge in [0.05, 0.1) is 19.3 Å². The molecular formula is C11H16O3. The normalized spacial score (nSPS) is 37.2. The van der Waals surface area contributed by atoms with Gasteiger partial charge in [-0.2, -0.15) is 0 Å². The minimum atomic E-state index is -0.627. The SMILES string of the molecule is CC[C@@H]1CC[C@@]2(CC(=O)C=CO2)OC1. The highest BCUT2D eigenvalue weighted by molar-refractivity contribution is 5.90. The molecule has 0 unspecified atom stereocenters. The highest BCUT2D eigenvalue weighted by Gasteiger charge is 2.40. The Hall–Kier alpha value is -0.830. The van der Waals surface area contributed by atoms with Crippen LogP contribution in [0, 0.1) is 5.92 Å². The summed E-state index contributed by atoms with van der Waals surface area (Å²) in [5, 5.41) is 0. The van der Waals surface area contributed by atoms with Crippen molar-refractivity contribution in [2.24, 2.45) is 5.92 Å². The number of ketones is 1. The molecule has 2 atom stereocenters. The first-order valence-electron chi connectivity index (χ1n) is 5.25. The average molecular weight is 196 g/mol. The van der Waals surface area contributed by atoms with Crippen molar-refractivity contribution in [2.75, 3.05) is 6.61 Å². The van der Waals surface area contributed by atoms with Crippen LogP contribution in [-0.2, 0) is 14.3 Å². The summed E-state index contributed by atoms with van der Waals surface area (Å²) in [5.74, 6) is 0.105. The summed E-state index contributed by atoms with van der Waals surface area (Å²) in [6, 6.07) is 0. The maximum Gasteiger partial charge on any atom is 0.216 e. The molecule has 0 amide bonds. The molecule has 3 heteroatoms. The fraction of sp³-hybridized carbons (Fsp3) is 0.727. The summed E-state index contributed by atoms with van der Waals surface area (Å²) in [5.41, 5.74) is 0. The summed E-state index contributed by atoms with van der Waals surface area (Å²) in [6.07, 6.45) is 6.39. The molecule has 2 aliphatic heterocycles. The van der Waals surface area contributed by atoms with Gasteiger partial charge in [0, 0.05) is 12.5 Å². The molecule has 1 saturated heterocycles. The standard InChI is InChI=1S/C11H16O3/c1-2-9-3-5-11(14-8-9)7-10(12)4-6-13-11/h4,6,9H,2-3,5,7-8H2,1H3/t9-,11+/m1/s1. The van der Waals surface area contributed by atoms with Crippen LogP contribution in [0.25, 0.3) is 0 Å². The van der Waals surface area contributed by atoms with Crippen molar-refractivity contribution in [2.45, 2.75) is 38.4 Å². The first kappa shape index (κ1) is 9.71. The van der Waals surface area contributed by atoms with Crippen molar-refractivity contribution in [1.29, 1.82) is 0 Å². The van der Waals surface area contributed by atoms with E-state index in [2.05, 4.69) is 6.92 Å². The lowest BCUT2D eigenvalue weighted by Gasteiger charge is -2.39. The van der Waals surface area contributed by atoms with Gasteiger partial charge in [0.1, 0.15) is 0 Å². The van der Waals surface area contributed by atoms with Gasteiger partial charge in [0.2, 0.25) is 5.79 Å². The first-order chi connectivity index (χ1) is 6.74. The number of allylic oxidation sites excluding steroid dienone is 1. The van der Waals surface area contributed by atoms with Gasteiger partial charge in [0.25, 0.3) is 0 Å². The van der Waals surface area contributed by atoms with Gasteiger partial charge in [-0.25, -0.2) is 0 Å². The molecule has 0 saturated carbocycles. The number of ether oxygens (including phenoxy) is 2. The lowest BCUT2D eigenvalue weighted by atomic mass is 9.91. The van der Waals surface area contributed by atoms with Crippen LogP contribution in [0.3, 0.4) is 0 Å². The number of hydrogen-bond acceptors (Lipinski definition) is 3. The number of carbonyl (C=O) groups is 1. The summed E-state index contributed by atoms with van der Waals surface area (Å²) < 4.78 is 11.1. The quantitative estimate of drug-likeness (QED) is 0.643. The van der Waals surface area contributed by atoms with E-state index in [9.17, 15) is 4.79 Å². The summed E-state index contributed by atoms with van der Waals surface area (Å²) in [7, 11) is 0. The van der Waals surface area contributed by atoms with E-state index in [4.69, 9.17) is 9.47 Å². The largest absolute Gasteiger partial charge is 0.469 e. The zero-order chi connectivity index (χ0) is 10.0. The number of carbonyl (C=O) groups excluding carboxylic acids is 1. The third kappa shape index (κ3) is 1.82. The molecule has 14 heavy (non-hydrogen) atoms. The topological polar surface area (TPSA) is 35.5 Å². The second-order valence-electron chi connectivity index (χ2n) is 4.10. The Morgan fingerprint density at radius 2 is 2.50 bits per heavy atom. The molecule has 2 heterocycles. The van der Waals surface area contributed by atoms with Gasteiger partial charge in [-0.3, -0.25) is 4.79 Å². The van der Waals surface area contributed by atoms with E-state index >= 15 is 0 Å². The van der Waals surface area contributed by atoms with E-state index in [0.717, 1.165) is 25.9 Å². The molecule has 2 rings (SSSR count). The summed E-state index contributed by atoms with van der Waals surface area (Å²) in [4.78, 5) is 11.2. The molecule has 0 aliphatic carbocycles. The second-order valence-corrected chi connectivity index (χ2v) is 4.10. The molecule has 78 valence electrons. The van der Waals surface area contributed by atoms with Gasteiger partial charge in [0.15, 0.2) is 5.78 Å². The lowest BCUT2D eigenvalue weighted by molar-refractivity contribution is -0.243. The molecule has 0 N–H and O–H groups in total. The monoisotopic (exact) mass is 196 g/mol. The van der Waals surface area contributed by atoms with Crippen molar-refractivity contribution in [3.05, 3.63) is 12.3 Å². The molecule has 1 fully saturated rings. The first-order valence-corrected chi connectivity index (χ1v) is 5.25. The summed E-state index contributed by atoms with van der Waals surface area (Å²) in [6.45, 7) is 2.89. The van der Waals surface area contributed by atoms with Crippen molar-refractivity contribution >= 4 is 5.78 Å². The smallest absolute Gasteiger partial charge is 0.216 e. The van der Waals surface area contributed by atoms with Crippen LogP contribution in [0.2, 0.25) is 0 Å². The Balaban J connectivity index is 1.99. The van der Waals surface area contributed by atoms with Crippen LogP contribution in [-0.4, -0.2) is 18.2 Å². The summed E-state index contributed by atoms with van der Waals surface area (Å²) >= 11 is 0. The average Bonchev–Trinajstić information content (AvgIpc) is 2.19. The Labute approximate surface area is 84.1 Å². The molecule has 2 aliphatic rings. The molecule has 0 radical (unpaired) electrons. The van der Waals surface area contributed by atoms with E-state index in [0.29, 0.717) is 12.3 Å². The van der Waals surface area contributed by atoms with E-state index in [1.54, 1.807) is 0 Å². The van der Waals surface area contributed by atoms with E-state index < -0.39 is 5.79 Å². The predicted molar refractivity (Wildman–Crippen MR) is 51.5 cm³/mol. The van der Waals surface area contributed by atoms with Gasteiger partial charge in [-0.05, 0) is 12.3 Å². The van der Waals surface area contributed by atoms with E-state index in [-0.39, 0.29) is 5.78 Å². The highest BCUT2D eigenvalue weighted by atomic mass is 16.7. The number of hydrogen-bond donors (Lipinski definition) is 0. The molecule has 1 spiro atoms. The lowest BCUT2D eigenvalue weighted by Crippen LogP contribution is -2.43. The third-order valence-electron chi connectivity index (χ3n) is 3.07. The van der Waals surface area contributed by atoms with Crippen LogP contribution in [0.4, 0.5) is 0 Å². The van der Waals surface area contributed by atoms with Gasteiger partial charge < -0.3 is 9.47 Å². The van der Waals surface area contributed by atoms with Crippen LogP contribution >= 0.6 is 0 Å². The molecule has 0 aromatic rings. The van der Waals surface area contributed by atoms with Crippen molar-refractivity contribution in [1.82, 2.24) is 0 Å². The van der Waals surface area contributed by atoms with Crippen LogP contribution in [0.1, 0.15) is 32.6 Å². The van der Waals surface area contributed by atoms with E-state index in [1.807, 2.05) is 0 Å². The van der Waals surface area contributed by atoms with Crippen LogP contribution < -0.4 is 0 Å². The van der Waals surface area contributed by atoms with Gasteiger partial charge >= 0.3 is 0 Å². The van der Waals surface area contributed by atoms with Gasteiger partial charge in [-0.15, -0.1) is 0 Å². The van der Waals surface area contributed by atoms with Gasteiger partial charge in [-0.1, -0.05) is 13.3 Å². The zero-order valence-electron chi connectivity index (χ0n) is 8.49. The molecule has 3 nitrogen and oxygen atoms in total.